The Kier molecular flexibility index (Phi) is 6.60. The van der Waals surface area contributed by atoms with Crippen molar-refractivity contribution in [1.82, 2.24) is 9.88 Å². The smallest absolute Gasteiger partial charge is 0.273 e. The summed E-state index contributed by atoms with van der Waals surface area (Å²) in [5.41, 5.74) is 7.34. The molecule has 1 atom stereocenters. The Hall–Kier alpha value is -1.63. The van der Waals surface area contributed by atoms with E-state index >= 15 is 0 Å². The molecule has 1 aliphatic rings. The molecule has 1 aliphatic heterocycles. The number of amides is 1. The van der Waals surface area contributed by atoms with Crippen LogP contribution in [-0.2, 0) is 6.42 Å². The van der Waals surface area contributed by atoms with E-state index in [9.17, 15) is 4.79 Å². The first kappa shape index (κ1) is 18.7. The van der Waals surface area contributed by atoms with Crippen molar-refractivity contribution in [3.05, 3.63) is 45.9 Å². The molecule has 1 saturated heterocycles. The zero-order valence-corrected chi connectivity index (χ0v) is 15.2. The second-order valence-corrected chi connectivity index (χ2v) is 6.62. The number of thiazole rings is 1. The minimum absolute atomic E-state index is 0. The molecule has 130 valence electrons. The molecule has 0 bridgehead atoms. The molecule has 0 saturated carbocycles. The van der Waals surface area contributed by atoms with Crippen LogP contribution in [0.25, 0.3) is 0 Å². The van der Waals surface area contributed by atoms with E-state index in [4.69, 9.17) is 10.5 Å². The molecule has 1 aromatic heterocycles. The average molecular weight is 368 g/mol. The number of aromatic nitrogens is 1. The summed E-state index contributed by atoms with van der Waals surface area (Å²) in [4.78, 5) is 18.9. The highest BCUT2D eigenvalue weighted by Gasteiger charge is 2.29. The summed E-state index contributed by atoms with van der Waals surface area (Å²) < 4.78 is 5.19. The Morgan fingerprint density at radius 1 is 1.42 bits per heavy atom. The Bertz CT molecular complexity index is 675. The summed E-state index contributed by atoms with van der Waals surface area (Å²) in [7, 11) is 1.66. The molecular formula is C17H22ClN3O2S. The molecule has 3 rings (SSSR count). The third kappa shape index (κ3) is 4.06. The lowest BCUT2D eigenvalue weighted by atomic mass is 9.98. The van der Waals surface area contributed by atoms with E-state index < -0.39 is 0 Å². The van der Waals surface area contributed by atoms with Gasteiger partial charge in [0.1, 0.15) is 11.4 Å². The first-order valence-electron chi connectivity index (χ1n) is 7.79. The molecule has 0 radical (unpaired) electrons. The van der Waals surface area contributed by atoms with Crippen LogP contribution in [0.5, 0.6) is 5.75 Å². The minimum atomic E-state index is 0. The maximum absolute atomic E-state index is 12.6. The SMILES string of the molecule is COc1ccc(C2CCN(C(=O)c3csc(CCN)n3)C2)cc1.Cl. The zero-order chi connectivity index (χ0) is 16.2. The van der Waals surface area contributed by atoms with E-state index in [2.05, 4.69) is 17.1 Å². The molecule has 1 amide bonds. The maximum atomic E-state index is 12.6. The number of nitrogens with two attached hydrogens (primary N) is 1. The third-order valence-corrected chi connectivity index (χ3v) is 5.10. The molecule has 7 heteroatoms. The fraction of sp³-hybridized carbons (Fsp3) is 0.412. The number of carbonyl (C=O) groups is 1. The van der Waals surface area contributed by atoms with Crippen LogP contribution in [0.3, 0.4) is 0 Å². The van der Waals surface area contributed by atoms with Crippen LogP contribution in [0.2, 0.25) is 0 Å². The van der Waals surface area contributed by atoms with Crippen molar-refractivity contribution >= 4 is 29.7 Å². The normalized spacial score (nSPS) is 16.8. The molecule has 2 heterocycles. The van der Waals surface area contributed by atoms with E-state index in [1.807, 2.05) is 22.4 Å². The van der Waals surface area contributed by atoms with Gasteiger partial charge in [0.25, 0.3) is 5.91 Å². The molecule has 2 aromatic rings. The number of carbonyl (C=O) groups excluding carboxylic acids is 1. The quantitative estimate of drug-likeness (QED) is 0.882. The van der Waals surface area contributed by atoms with Gasteiger partial charge in [-0.3, -0.25) is 4.79 Å². The number of hydrogen-bond donors (Lipinski definition) is 1. The average Bonchev–Trinajstić information content (AvgIpc) is 3.24. The summed E-state index contributed by atoms with van der Waals surface area (Å²) in [6.45, 7) is 2.08. The number of methoxy groups -OCH3 is 1. The Morgan fingerprint density at radius 3 is 2.83 bits per heavy atom. The third-order valence-electron chi connectivity index (χ3n) is 4.19. The van der Waals surface area contributed by atoms with Gasteiger partial charge in [-0.2, -0.15) is 0 Å². The van der Waals surface area contributed by atoms with Gasteiger partial charge in [0, 0.05) is 30.8 Å². The van der Waals surface area contributed by atoms with E-state index in [1.54, 1.807) is 7.11 Å². The van der Waals surface area contributed by atoms with Crippen molar-refractivity contribution in [3.63, 3.8) is 0 Å². The zero-order valence-electron chi connectivity index (χ0n) is 13.6. The molecule has 1 fully saturated rings. The fourth-order valence-electron chi connectivity index (χ4n) is 2.90. The van der Waals surface area contributed by atoms with Gasteiger partial charge in [-0.05, 0) is 30.7 Å². The van der Waals surface area contributed by atoms with Crippen LogP contribution in [0.1, 0.15) is 33.4 Å². The van der Waals surface area contributed by atoms with Gasteiger partial charge >= 0.3 is 0 Å². The largest absolute Gasteiger partial charge is 0.497 e. The van der Waals surface area contributed by atoms with Crippen LogP contribution in [0.4, 0.5) is 0 Å². The standard InChI is InChI=1S/C17H21N3O2S.ClH/c1-22-14-4-2-12(3-5-14)13-7-9-20(10-13)17(21)15-11-23-16(19-15)6-8-18;/h2-5,11,13H,6-10,18H2,1H3;1H. The molecule has 2 N–H and O–H groups in total. The minimum Gasteiger partial charge on any atom is -0.497 e. The number of nitrogens with zero attached hydrogens (tertiary/aromatic N) is 2. The van der Waals surface area contributed by atoms with Gasteiger partial charge < -0.3 is 15.4 Å². The second-order valence-electron chi connectivity index (χ2n) is 5.68. The van der Waals surface area contributed by atoms with Gasteiger partial charge in [0.05, 0.1) is 12.1 Å². The first-order valence-corrected chi connectivity index (χ1v) is 8.67. The first-order chi connectivity index (χ1) is 11.2. The molecular weight excluding hydrogens is 346 g/mol. The van der Waals surface area contributed by atoms with Gasteiger partial charge in [0.2, 0.25) is 0 Å². The summed E-state index contributed by atoms with van der Waals surface area (Å²) in [6.07, 6.45) is 1.71. The van der Waals surface area contributed by atoms with Crippen molar-refractivity contribution < 1.29 is 9.53 Å². The summed E-state index contributed by atoms with van der Waals surface area (Å²) in [6, 6.07) is 8.11. The Morgan fingerprint density at radius 2 is 2.17 bits per heavy atom. The van der Waals surface area contributed by atoms with Gasteiger partial charge in [-0.15, -0.1) is 23.7 Å². The number of rotatable bonds is 5. The van der Waals surface area contributed by atoms with Crippen LogP contribution in [0, 0.1) is 0 Å². The highest BCUT2D eigenvalue weighted by atomic mass is 35.5. The predicted molar refractivity (Wildman–Crippen MR) is 98.4 cm³/mol. The van der Waals surface area contributed by atoms with Crippen LogP contribution < -0.4 is 10.5 Å². The van der Waals surface area contributed by atoms with Crippen LogP contribution in [-0.4, -0.2) is 42.5 Å². The van der Waals surface area contributed by atoms with E-state index in [1.165, 1.54) is 16.9 Å². The fourth-order valence-corrected chi connectivity index (χ4v) is 3.69. The van der Waals surface area contributed by atoms with Crippen molar-refractivity contribution in [2.45, 2.75) is 18.8 Å². The number of benzene rings is 1. The van der Waals surface area contributed by atoms with Crippen molar-refractivity contribution in [2.24, 2.45) is 5.73 Å². The lowest BCUT2D eigenvalue weighted by Crippen LogP contribution is -2.28. The molecule has 24 heavy (non-hydrogen) atoms. The van der Waals surface area contributed by atoms with Gasteiger partial charge in [0.15, 0.2) is 0 Å². The summed E-state index contributed by atoms with van der Waals surface area (Å²) in [5, 5.41) is 2.77. The lowest BCUT2D eigenvalue weighted by Gasteiger charge is -2.15. The Labute approximate surface area is 152 Å². The number of likely N-dealkylation sites (tertiary alicyclic amines) is 1. The molecule has 5 nitrogen and oxygen atoms in total. The van der Waals surface area contributed by atoms with Crippen molar-refractivity contribution in [2.75, 3.05) is 26.7 Å². The van der Waals surface area contributed by atoms with Crippen LogP contribution in [0.15, 0.2) is 29.6 Å². The Balaban J connectivity index is 0.00000208. The molecule has 1 unspecified atom stereocenters. The number of hydrogen-bond acceptors (Lipinski definition) is 5. The summed E-state index contributed by atoms with van der Waals surface area (Å²) in [5.74, 6) is 1.27. The predicted octanol–water partition coefficient (Wildman–Crippen LogP) is 2.70. The number of ether oxygens (including phenoxy) is 1. The van der Waals surface area contributed by atoms with Gasteiger partial charge in [-0.25, -0.2) is 4.98 Å². The van der Waals surface area contributed by atoms with E-state index in [-0.39, 0.29) is 18.3 Å². The lowest BCUT2D eigenvalue weighted by molar-refractivity contribution is 0.0785. The van der Waals surface area contributed by atoms with E-state index in [0.717, 1.165) is 36.7 Å². The summed E-state index contributed by atoms with van der Waals surface area (Å²) >= 11 is 1.51. The molecule has 1 aromatic carbocycles. The van der Waals surface area contributed by atoms with Crippen LogP contribution >= 0.6 is 23.7 Å². The highest BCUT2D eigenvalue weighted by Crippen LogP contribution is 2.29. The highest BCUT2D eigenvalue weighted by molar-refractivity contribution is 7.09. The topological polar surface area (TPSA) is 68.5 Å². The van der Waals surface area contributed by atoms with Crippen molar-refractivity contribution in [1.29, 1.82) is 0 Å². The second kappa shape index (κ2) is 8.46. The molecule has 0 aliphatic carbocycles. The maximum Gasteiger partial charge on any atom is 0.273 e. The molecule has 0 spiro atoms. The van der Waals surface area contributed by atoms with E-state index in [0.29, 0.717) is 18.2 Å². The van der Waals surface area contributed by atoms with Crippen molar-refractivity contribution in [3.8, 4) is 5.75 Å². The number of halogens is 1. The van der Waals surface area contributed by atoms with Gasteiger partial charge in [-0.1, -0.05) is 12.1 Å². The monoisotopic (exact) mass is 367 g/mol.